The zero-order valence-corrected chi connectivity index (χ0v) is 12.8. The third-order valence-electron chi connectivity index (χ3n) is 3.54. The summed E-state index contributed by atoms with van der Waals surface area (Å²) in [5, 5.41) is 2.94. The molecule has 2 rings (SSSR count). The number of amides is 1. The van der Waals surface area contributed by atoms with Crippen LogP contribution in [0, 0.1) is 6.92 Å². The molecule has 0 saturated carbocycles. The van der Waals surface area contributed by atoms with Crippen LogP contribution in [-0.4, -0.2) is 13.0 Å². The van der Waals surface area contributed by atoms with E-state index >= 15 is 0 Å². The van der Waals surface area contributed by atoms with E-state index in [0.29, 0.717) is 13.0 Å². The standard InChI is InChI=1S/C18H21NO2/c1-4-18(20)19-12-14-7-5-6-8-17(14)16-10-9-15(21-3)11-13(16)2/h5-11H,4,12H2,1-3H3,(H,19,20). The van der Waals surface area contributed by atoms with Crippen molar-refractivity contribution in [2.24, 2.45) is 0 Å². The maximum absolute atomic E-state index is 11.5. The Morgan fingerprint density at radius 2 is 1.90 bits per heavy atom. The van der Waals surface area contributed by atoms with Crippen LogP contribution >= 0.6 is 0 Å². The molecule has 0 atom stereocenters. The van der Waals surface area contributed by atoms with E-state index in [1.165, 1.54) is 0 Å². The maximum atomic E-state index is 11.5. The fraction of sp³-hybridized carbons (Fsp3) is 0.278. The van der Waals surface area contributed by atoms with Gasteiger partial charge in [-0.25, -0.2) is 0 Å². The molecule has 1 N–H and O–H groups in total. The summed E-state index contributed by atoms with van der Waals surface area (Å²) in [6.45, 7) is 4.47. The third-order valence-corrected chi connectivity index (χ3v) is 3.54. The van der Waals surface area contributed by atoms with Crippen molar-refractivity contribution in [2.45, 2.75) is 26.8 Å². The van der Waals surface area contributed by atoms with Gasteiger partial charge >= 0.3 is 0 Å². The minimum atomic E-state index is 0.0660. The third kappa shape index (κ3) is 3.63. The monoisotopic (exact) mass is 283 g/mol. The highest BCUT2D eigenvalue weighted by Crippen LogP contribution is 2.29. The van der Waals surface area contributed by atoms with Gasteiger partial charge in [-0.05, 0) is 41.3 Å². The molecule has 0 aromatic heterocycles. The number of rotatable bonds is 5. The Morgan fingerprint density at radius 1 is 1.14 bits per heavy atom. The summed E-state index contributed by atoms with van der Waals surface area (Å²) in [5.74, 6) is 0.921. The normalized spacial score (nSPS) is 10.2. The minimum Gasteiger partial charge on any atom is -0.497 e. The lowest BCUT2D eigenvalue weighted by atomic mass is 9.96. The minimum absolute atomic E-state index is 0.0660. The molecule has 1 amide bonds. The Hall–Kier alpha value is -2.29. The van der Waals surface area contributed by atoms with E-state index in [9.17, 15) is 4.79 Å². The fourth-order valence-corrected chi connectivity index (χ4v) is 2.32. The van der Waals surface area contributed by atoms with Crippen LogP contribution < -0.4 is 10.1 Å². The highest BCUT2D eigenvalue weighted by Gasteiger charge is 2.09. The highest BCUT2D eigenvalue weighted by molar-refractivity contribution is 5.76. The number of carbonyl (C=O) groups excluding carboxylic acids is 1. The number of aryl methyl sites for hydroxylation is 1. The van der Waals surface area contributed by atoms with Crippen molar-refractivity contribution in [1.29, 1.82) is 0 Å². The predicted octanol–water partition coefficient (Wildman–Crippen LogP) is 3.70. The first kappa shape index (κ1) is 15.1. The summed E-state index contributed by atoms with van der Waals surface area (Å²) in [6, 6.07) is 14.2. The van der Waals surface area contributed by atoms with Crippen molar-refractivity contribution >= 4 is 5.91 Å². The van der Waals surface area contributed by atoms with Gasteiger partial charge in [-0.3, -0.25) is 4.79 Å². The summed E-state index contributed by atoms with van der Waals surface area (Å²) in [4.78, 5) is 11.5. The summed E-state index contributed by atoms with van der Waals surface area (Å²) in [6.07, 6.45) is 0.504. The smallest absolute Gasteiger partial charge is 0.219 e. The van der Waals surface area contributed by atoms with Gasteiger partial charge in [0.1, 0.15) is 5.75 Å². The summed E-state index contributed by atoms with van der Waals surface area (Å²) in [5.41, 5.74) is 4.59. The van der Waals surface area contributed by atoms with E-state index in [1.807, 2.05) is 31.2 Å². The van der Waals surface area contributed by atoms with Crippen LogP contribution in [0.25, 0.3) is 11.1 Å². The van der Waals surface area contributed by atoms with Crippen LogP contribution in [0.4, 0.5) is 0 Å². The van der Waals surface area contributed by atoms with Gasteiger partial charge in [0, 0.05) is 13.0 Å². The SMILES string of the molecule is CCC(=O)NCc1ccccc1-c1ccc(OC)cc1C. The Balaban J connectivity index is 2.33. The largest absolute Gasteiger partial charge is 0.497 e. The molecule has 21 heavy (non-hydrogen) atoms. The summed E-state index contributed by atoms with van der Waals surface area (Å²) < 4.78 is 5.25. The number of nitrogens with one attached hydrogen (secondary N) is 1. The van der Waals surface area contributed by atoms with Gasteiger partial charge in [-0.2, -0.15) is 0 Å². The molecule has 3 heteroatoms. The molecular weight excluding hydrogens is 262 g/mol. The number of methoxy groups -OCH3 is 1. The number of ether oxygens (including phenoxy) is 1. The molecule has 0 saturated heterocycles. The number of hydrogen-bond acceptors (Lipinski definition) is 2. The molecule has 0 aliphatic rings. The van der Waals surface area contributed by atoms with Crippen molar-refractivity contribution in [3.05, 3.63) is 53.6 Å². The number of benzene rings is 2. The number of hydrogen-bond donors (Lipinski definition) is 1. The van der Waals surface area contributed by atoms with Crippen molar-refractivity contribution in [3.63, 3.8) is 0 Å². The zero-order chi connectivity index (χ0) is 15.2. The van der Waals surface area contributed by atoms with Gasteiger partial charge in [-0.15, -0.1) is 0 Å². The van der Waals surface area contributed by atoms with E-state index in [2.05, 4.69) is 30.4 Å². The molecule has 0 bridgehead atoms. The second-order valence-corrected chi connectivity index (χ2v) is 4.97. The first-order valence-corrected chi connectivity index (χ1v) is 7.15. The van der Waals surface area contributed by atoms with Crippen LogP contribution in [0.1, 0.15) is 24.5 Å². The Labute approximate surface area is 126 Å². The molecule has 0 heterocycles. The summed E-state index contributed by atoms with van der Waals surface area (Å²) in [7, 11) is 1.67. The molecule has 110 valence electrons. The molecule has 0 aliphatic heterocycles. The van der Waals surface area contributed by atoms with Gasteiger partial charge in [0.15, 0.2) is 0 Å². The molecule has 0 radical (unpaired) electrons. The Morgan fingerprint density at radius 3 is 2.57 bits per heavy atom. The van der Waals surface area contributed by atoms with E-state index in [4.69, 9.17) is 4.74 Å². The lowest BCUT2D eigenvalue weighted by molar-refractivity contribution is -0.120. The average molecular weight is 283 g/mol. The molecule has 2 aromatic carbocycles. The van der Waals surface area contributed by atoms with Gasteiger partial charge in [-0.1, -0.05) is 37.3 Å². The van der Waals surface area contributed by atoms with Gasteiger partial charge in [0.05, 0.1) is 7.11 Å². The Kier molecular flexibility index (Phi) is 4.99. The van der Waals surface area contributed by atoms with E-state index in [-0.39, 0.29) is 5.91 Å². The topological polar surface area (TPSA) is 38.3 Å². The van der Waals surface area contributed by atoms with E-state index in [1.54, 1.807) is 7.11 Å². The highest BCUT2D eigenvalue weighted by atomic mass is 16.5. The number of carbonyl (C=O) groups is 1. The lowest BCUT2D eigenvalue weighted by Crippen LogP contribution is -2.21. The van der Waals surface area contributed by atoms with E-state index < -0.39 is 0 Å². The molecule has 0 fully saturated rings. The molecule has 0 aliphatic carbocycles. The maximum Gasteiger partial charge on any atom is 0.219 e. The molecule has 3 nitrogen and oxygen atoms in total. The molecule has 0 spiro atoms. The quantitative estimate of drug-likeness (QED) is 0.908. The lowest BCUT2D eigenvalue weighted by Gasteiger charge is -2.13. The fourth-order valence-electron chi connectivity index (χ4n) is 2.32. The van der Waals surface area contributed by atoms with Crippen molar-refractivity contribution in [3.8, 4) is 16.9 Å². The first-order chi connectivity index (χ1) is 10.2. The molecular formula is C18H21NO2. The van der Waals surface area contributed by atoms with E-state index in [0.717, 1.165) is 28.0 Å². The van der Waals surface area contributed by atoms with Gasteiger partial charge in [0.25, 0.3) is 0 Å². The van der Waals surface area contributed by atoms with Crippen molar-refractivity contribution in [2.75, 3.05) is 7.11 Å². The van der Waals surface area contributed by atoms with Crippen LogP contribution in [0.15, 0.2) is 42.5 Å². The molecule has 0 unspecified atom stereocenters. The second kappa shape index (κ2) is 6.93. The Bertz CT molecular complexity index is 635. The second-order valence-electron chi connectivity index (χ2n) is 4.97. The van der Waals surface area contributed by atoms with Crippen LogP contribution in [0.3, 0.4) is 0 Å². The van der Waals surface area contributed by atoms with Crippen LogP contribution in [0.5, 0.6) is 5.75 Å². The van der Waals surface area contributed by atoms with Gasteiger partial charge in [0.2, 0.25) is 5.91 Å². The van der Waals surface area contributed by atoms with Gasteiger partial charge < -0.3 is 10.1 Å². The summed E-state index contributed by atoms with van der Waals surface area (Å²) >= 11 is 0. The predicted molar refractivity (Wildman–Crippen MR) is 85.3 cm³/mol. The average Bonchev–Trinajstić information content (AvgIpc) is 2.52. The van der Waals surface area contributed by atoms with Crippen LogP contribution in [0.2, 0.25) is 0 Å². The zero-order valence-electron chi connectivity index (χ0n) is 12.8. The van der Waals surface area contributed by atoms with Crippen molar-refractivity contribution in [1.82, 2.24) is 5.32 Å². The first-order valence-electron chi connectivity index (χ1n) is 7.15. The molecule has 2 aromatic rings. The van der Waals surface area contributed by atoms with Crippen LogP contribution in [-0.2, 0) is 11.3 Å². The van der Waals surface area contributed by atoms with Crippen molar-refractivity contribution < 1.29 is 9.53 Å².